The Morgan fingerprint density at radius 3 is 2.53 bits per heavy atom. The van der Waals surface area contributed by atoms with Gasteiger partial charge in [-0.2, -0.15) is 0 Å². The van der Waals surface area contributed by atoms with Crippen LogP contribution >= 0.6 is 23.7 Å². The summed E-state index contributed by atoms with van der Waals surface area (Å²) in [6.45, 7) is 0. The van der Waals surface area contributed by atoms with Crippen molar-refractivity contribution in [3.63, 3.8) is 0 Å². The van der Waals surface area contributed by atoms with Crippen LogP contribution in [0.25, 0.3) is 10.6 Å². The summed E-state index contributed by atoms with van der Waals surface area (Å²) in [5.41, 5.74) is 6.34. The van der Waals surface area contributed by atoms with Gasteiger partial charge in [0, 0.05) is 24.2 Å². The number of nitrogens with zero attached hydrogens (tertiary/aromatic N) is 2. The quantitative estimate of drug-likeness (QED) is 0.622. The Morgan fingerprint density at radius 1 is 1.33 bits per heavy atom. The summed E-state index contributed by atoms with van der Waals surface area (Å²) in [4.78, 5) is 8.79. The lowest BCUT2D eigenvalue weighted by Gasteiger charge is -1.92. The molecular formula is C9H9ClN4S. The summed E-state index contributed by atoms with van der Waals surface area (Å²) < 4.78 is 0. The van der Waals surface area contributed by atoms with Crippen LogP contribution in [-0.2, 0) is 0 Å². The predicted molar refractivity (Wildman–Crippen MR) is 63.6 cm³/mol. The fourth-order valence-electron chi connectivity index (χ4n) is 1.03. The molecule has 4 nitrogen and oxygen atoms in total. The van der Waals surface area contributed by atoms with Crippen molar-refractivity contribution >= 4 is 29.6 Å². The van der Waals surface area contributed by atoms with Gasteiger partial charge in [0.2, 0.25) is 0 Å². The number of hydrogen-bond acceptors (Lipinski definition) is 4. The van der Waals surface area contributed by atoms with E-state index in [-0.39, 0.29) is 18.2 Å². The Morgan fingerprint density at radius 2 is 2.00 bits per heavy atom. The molecule has 0 spiro atoms. The first-order chi connectivity index (χ1) is 6.77. The molecule has 0 aliphatic rings. The smallest absolute Gasteiger partial charge is 0.134 e. The van der Waals surface area contributed by atoms with Crippen molar-refractivity contribution in [2.45, 2.75) is 0 Å². The van der Waals surface area contributed by atoms with E-state index in [2.05, 4.69) is 9.97 Å². The van der Waals surface area contributed by atoms with Crippen molar-refractivity contribution in [3.05, 3.63) is 35.6 Å². The van der Waals surface area contributed by atoms with Crippen LogP contribution in [-0.4, -0.2) is 15.8 Å². The molecule has 0 saturated heterocycles. The second kappa shape index (κ2) is 4.86. The highest BCUT2D eigenvalue weighted by Gasteiger charge is 2.05. The molecule has 2 aromatic heterocycles. The van der Waals surface area contributed by atoms with Gasteiger partial charge < -0.3 is 5.73 Å². The second-order valence-corrected chi connectivity index (χ2v) is 3.71. The molecule has 6 heteroatoms. The van der Waals surface area contributed by atoms with Crippen LogP contribution in [0, 0.1) is 5.41 Å². The van der Waals surface area contributed by atoms with Crippen LogP contribution in [0.4, 0.5) is 0 Å². The predicted octanol–water partition coefficient (Wildman–Crippen LogP) is 1.91. The third-order valence-electron chi connectivity index (χ3n) is 1.70. The van der Waals surface area contributed by atoms with E-state index in [9.17, 15) is 0 Å². The van der Waals surface area contributed by atoms with Crippen molar-refractivity contribution in [2.75, 3.05) is 0 Å². The lowest BCUT2D eigenvalue weighted by atomic mass is 10.3. The van der Waals surface area contributed by atoms with Gasteiger partial charge in [-0.1, -0.05) is 0 Å². The zero-order chi connectivity index (χ0) is 9.97. The molecule has 2 rings (SSSR count). The molecule has 0 atom stereocenters. The normalized spacial score (nSPS) is 9.33. The van der Waals surface area contributed by atoms with Gasteiger partial charge in [0.05, 0.1) is 4.88 Å². The minimum atomic E-state index is 0. The molecule has 0 bridgehead atoms. The van der Waals surface area contributed by atoms with Crippen molar-refractivity contribution in [1.82, 2.24) is 9.97 Å². The standard InChI is InChI=1S/C9H8N4S.ClH/c10-8(11)7-5-13-9(14-7)6-1-3-12-4-2-6;/h1-5H,(H3,10,11);1H. The number of nitrogen functional groups attached to an aromatic ring is 1. The number of nitrogens with two attached hydrogens (primary N) is 1. The average molecular weight is 241 g/mol. The molecule has 2 aromatic rings. The van der Waals surface area contributed by atoms with Gasteiger partial charge >= 0.3 is 0 Å². The first kappa shape index (κ1) is 11.6. The monoisotopic (exact) mass is 240 g/mol. The number of thiazole rings is 1. The number of amidine groups is 1. The Balaban J connectivity index is 0.00000112. The number of halogens is 1. The Labute approximate surface area is 97.1 Å². The van der Waals surface area contributed by atoms with Crippen LogP contribution in [0.15, 0.2) is 30.7 Å². The first-order valence-corrected chi connectivity index (χ1v) is 4.79. The molecule has 0 amide bonds. The molecule has 15 heavy (non-hydrogen) atoms. The molecule has 0 fully saturated rings. The number of nitrogens with one attached hydrogen (secondary N) is 1. The van der Waals surface area contributed by atoms with E-state index in [4.69, 9.17) is 11.1 Å². The topological polar surface area (TPSA) is 75.7 Å². The highest BCUT2D eigenvalue weighted by molar-refractivity contribution is 7.16. The van der Waals surface area contributed by atoms with Gasteiger partial charge in [0.1, 0.15) is 10.8 Å². The first-order valence-electron chi connectivity index (χ1n) is 3.98. The summed E-state index contributed by atoms with van der Waals surface area (Å²) in [6, 6.07) is 3.76. The molecule has 0 aliphatic carbocycles. The lowest BCUT2D eigenvalue weighted by molar-refractivity contribution is 1.32. The number of pyridine rings is 1. The maximum atomic E-state index is 7.25. The third-order valence-corrected chi connectivity index (χ3v) is 2.78. The van der Waals surface area contributed by atoms with Crippen LogP contribution < -0.4 is 5.73 Å². The summed E-state index contributed by atoms with van der Waals surface area (Å²) >= 11 is 1.41. The Kier molecular flexibility index (Phi) is 3.76. The summed E-state index contributed by atoms with van der Waals surface area (Å²) in [5.74, 6) is 0.0582. The largest absolute Gasteiger partial charge is 0.383 e. The summed E-state index contributed by atoms with van der Waals surface area (Å²) in [5, 5.41) is 8.11. The average Bonchev–Trinajstić information content (AvgIpc) is 2.68. The number of aromatic nitrogens is 2. The van der Waals surface area contributed by atoms with E-state index in [1.165, 1.54) is 11.3 Å². The molecule has 3 N–H and O–H groups in total. The lowest BCUT2D eigenvalue weighted by Crippen LogP contribution is -2.08. The van der Waals surface area contributed by atoms with Crippen molar-refractivity contribution < 1.29 is 0 Å². The van der Waals surface area contributed by atoms with Gasteiger partial charge in [-0.3, -0.25) is 10.4 Å². The van der Waals surface area contributed by atoms with E-state index >= 15 is 0 Å². The maximum Gasteiger partial charge on any atom is 0.134 e. The van der Waals surface area contributed by atoms with Crippen LogP contribution in [0.5, 0.6) is 0 Å². The fourth-order valence-corrected chi connectivity index (χ4v) is 1.81. The molecule has 78 valence electrons. The van der Waals surface area contributed by atoms with Gasteiger partial charge in [0.15, 0.2) is 0 Å². The SMILES string of the molecule is Cl.N=C(N)c1cnc(-c2ccncc2)s1. The second-order valence-electron chi connectivity index (χ2n) is 2.68. The van der Waals surface area contributed by atoms with E-state index < -0.39 is 0 Å². The highest BCUT2D eigenvalue weighted by atomic mass is 35.5. The maximum absolute atomic E-state index is 7.25. The zero-order valence-corrected chi connectivity index (χ0v) is 9.31. The van der Waals surface area contributed by atoms with Crippen LogP contribution in [0.2, 0.25) is 0 Å². The molecule has 0 radical (unpaired) electrons. The van der Waals surface area contributed by atoms with E-state index in [1.54, 1.807) is 18.6 Å². The van der Waals surface area contributed by atoms with E-state index in [1.807, 2.05) is 12.1 Å². The minimum absolute atomic E-state index is 0. The fraction of sp³-hybridized carbons (Fsp3) is 0. The third kappa shape index (κ3) is 2.51. The molecule has 0 aliphatic heterocycles. The molecule has 0 saturated carbocycles. The summed E-state index contributed by atoms with van der Waals surface area (Å²) in [7, 11) is 0. The van der Waals surface area contributed by atoms with Crippen molar-refractivity contribution in [1.29, 1.82) is 5.41 Å². The highest BCUT2D eigenvalue weighted by Crippen LogP contribution is 2.23. The summed E-state index contributed by atoms with van der Waals surface area (Å²) in [6.07, 6.45) is 5.04. The van der Waals surface area contributed by atoms with Gasteiger partial charge in [0.25, 0.3) is 0 Å². The molecule has 0 aromatic carbocycles. The zero-order valence-electron chi connectivity index (χ0n) is 7.68. The van der Waals surface area contributed by atoms with E-state index in [0.29, 0.717) is 4.88 Å². The molecule has 2 heterocycles. The minimum Gasteiger partial charge on any atom is -0.383 e. The van der Waals surface area contributed by atoms with Crippen LogP contribution in [0.3, 0.4) is 0 Å². The molecule has 0 unspecified atom stereocenters. The Bertz CT molecular complexity index is 454. The Hall–Kier alpha value is -1.46. The van der Waals surface area contributed by atoms with Gasteiger partial charge in [-0.15, -0.1) is 23.7 Å². The van der Waals surface area contributed by atoms with Crippen molar-refractivity contribution in [3.8, 4) is 10.6 Å². The van der Waals surface area contributed by atoms with Gasteiger partial charge in [-0.05, 0) is 12.1 Å². The van der Waals surface area contributed by atoms with Crippen molar-refractivity contribution in [2.24, 2.45) is 5.73 Å². The number of rotatable bonds is 2. The number of hydrogen-bond donors (Lipinski definition) is 2. The molecular weight excluding hydrogens is 232 g/mol. The van der Waals surface area contributed by atoms with E-state index in [0.717, 1.165) is 10.6 Å². The van der Waals surface area contributed by atoms with Crippen LogP contribution in [0.1, 0.15) is 4.88 Å². The van der Waals surface area contributed by atoms with Gasteiger partial charge in [-0.25, -0.2) is 4.98 Å².